The fraction of sp³-hybridized carbons (Fsp3) is 0.500. The van der Waals surface area contributed by atoms with E-state index in [1.807, 2.05) is 26.3 Å². The van der Waals surface area contributed by atoms with Crippen molar-refractivity contribution in [3.8, 4) is 5.75 Å². The van der Waals surface area contributed by atoms with Crippen molar-refractivity contribution in [3.05, 3.63) is 23.8 Å². The van der Waals surface area contributed by atoms with Crippen LogP contribution in [0.2, 0.25) is 0 Å². The fourth-order valence-corrected chi connectivity index (χ4v) is 1.76. The van der Waals surface area contributed by atoms with E-state index in [9.17, 15) is 0 Å². The summed E-state index contributed by atoms with van der Waals surface area (Å²) in [6.45, 7) is 9.10. The van der Waals surface area contributed by atoms with E-state index < -0.39 is 0 Å². The monoisotopic (exact) mass is 234 g/mol. The maximum Gasteiger partial charge on any atom is 0.142 e. The van der Waals surface area contributed by atoms with E-state index in [0.717, 1.165) is 18.0 Å². The van der Waals surface area contributed by atoms with Crippen molar-refractivity contribution in [1.29, 1.82) is 0 Å². The van der Waals surface area contributed by atoms with Crippen molar-refractivity contribution in [2.75, 3.05) is 18.6 Å². The number of rotatable bonds is 2. The molecule has 1 atom stereocenters. The van der Waals surface area contributed by atoms with Crippen LogP contribution in [0.1, 0.15) is 26.3 Å². The molecule has 0 amide bonds. The summed E-state index contributed by atoms with van der Waals surface area (Å²) in [5.74, 6) is 0.913. The zero-order valence-electron chi connectivity index (χ0n) is 11.4. The molecule has 0 bridgehead atoms. The maximum atomic E-state index is 5.37. The van der Waals surface area contributed by atoms with Crippen molar-refractivity contribution in [2.24, 2.45) is 4.99 Å². The summed E-state index contributed by atoms with van der Waals surface area (Å²) in [6.07, 6.45) is 1.89. The summed E-state index contributed by atoms with van der Waals surface area (Å²) in [5, 5.41) is 0. The van der Waals surface area contributed by atoms with Crippen molar-refractivity contribution >= 4 is 12.0 Å². The Bertz CT molecular complexity index is 388. The highest BCUT2D eigenvalue weighted by atomic mass is 16.5. The number of hydrogen-bond donors (Lipinski definition) is 0. The third kappa shape index (κ3) is 3.22. The van der Waals surface area contributed by atoms with Crippen LogP contribution in [0.15, 0.2) is 23.2 Å². The lowest BCUT2D eigenvalue weighted by Gasteiger charge is -2.18. The molecule has 94 valence electrons. The van der Waals surface area contributed by atoms with Crippen molar-refractivity contribution in [2.45, 2.75) is 33.7 Å². The van der Waals surface area contributed by atoms with E-state index in [-0.39, 0.29) is 0 Å². The average molecular weight is 234 g/mol. The predicted molar refractivity (Wildman–Crippen MR) is 74.4 cm³/mol. The average Bonchev–Trinajstić information content (AvgIpc) is 2.78. The van der Waals surface area contributed by atoms with E-state index in [2.05, 4.69) is 35.9 Å². The standard InChI is InChI=1S/C12H16N2O.C2H6/c1-9-4-5-11(12(6-9)15-3)14-7-10(2)13-8-14;1-2/h4-6,8,10H,7H2,1-3H3;1-2H3. The molecular weight excluding hydrogens is 212 g/mol. The van der Waals surface area contributed by atoms with Crippen molar-refractivity contribution < 1.29 is 4.74 Å². The van der Waals surface area contributed by atoms with Crippen LogP contribution in [0.4, 0.5) is 5.69 Å². The number of ether oxygens (including phenoxy) is 1. The molecule has 1 aromatic rings. The molecule has 1 aliphatic rings. The zero-order valence-corrected chi connectivity index (χ0v) is 11.4. The summed E-state index contributed by atoms with van der Waals surface area (Å²) in [5.41, 5.74) is 2.30. The second kappa shape index (κ2) is 6.28. The molecule has 0 aromatic heterocycles. The maximum absolute atomic E-state index is 5.37. The number of aliphatic imine (C=N–C) groups is 1. The molecule has 0 saturated carbocycles. The molecule has 1 aromatic carbocycles. The minimum absolute atomic E-state index is 0.371. The van der Waals surface area contributed by atoms with Crippen LogP contribution in [-0.4, -0.2) is 26.0 Å². The molecular formula is C14H22N2O. The largest absolute Gasteiger partial charge is 0.495 e. The normalized spacial score (nSPS) is 17.7. The molecule has 2 rings (SSSR count). The van der Waals surface area contributed by atoms with Crippen LogP contribution < -0.4 is 9.64 Å². The van der Waals surface area contributed by atoms with Gasteiger partial charge in [-0.1, -0.05) is 19.9 Å². The second-order valence-electron chi connectivity index (χ2n) is 3.94. The third-order valence-electron chi connectivity index (χ3n) is 2.57. The van der Waals surface area contributed by atoms with Gasteiger partial charge in [-0.05, 0) is 31.5 Å². The van der Waals surface area contributed by atoms with Gasteiger partial charge >= 0.3 is 0 Å². The van der Waals surface area contributed by atoms with Gasteiger partial charge in [-0.3, -0.25) is 4.99 Å². The topological polar surface area (TPSA) is 24.8 Å². The molecule has 0 radical (unpaired) electrons. The Morgan fingerprint density at radius 3 is 2.59 bits per heavy atom. The number of hydrogen-bond acceptors (Lipinski definition) is 3. The number of aryl methyl sites for hydroxylation is 1. The van der Waals surface area contributed by atoms with Gasteiger partial charge in [-0.15, -0.1) is 0 Å². The first-order valence-corrected chi connectivity index (χ1v) is 6.15. The van der Waals surface area contributed by atoms with E-state index in [0.29, 0.717) is 6.04 Å². The van der Waals surface area contributed by atoms with Crippen LogP contribution in [0.3, 0.4) is 0 Å². The van der Waals surface area contributed by atoms with Crippen LogP contribution in [0.5, 0.6) is 5.75 Å². The first-order valence-electron chi connectivity index (χ1n) is 6.15. The van der Waals surface area contributed by atoms with Crippen molar-refractivity contribution in [3.63, 3.8) is 0 Å². The first kappa shape index (κ1) is 13.6. The zero-order chi connectivity index (χ0) is 12.8. The Labute approximate surface area is 104 Å². The van der Waals surface area contributed by atoms with Crippen LogP contribution >= 0.6 is 0 Å². The van der Waals surface area contributed by atoms with Gasteiger partial charge in [0.15, 0.2) is 0 Å². The summed E-state index contributed by atoms with van der Waals surface area (Å²) < 4.78 is 5.37. The lowest BCUT2D eigenvalue weighted by molar-refractivity contribution is 0.415. The molecule has 3 nitrogen and oxygen atoms in total. The van der Waals surface area contributed by atoms with Gasteiger partial charge in [0.1, 0.15) is 5.75 Å². The van der Waals surface area contributed by atoms with Gasteiger partial charge in [0.05, 0.1) is 25.2 Å². The van der Waals surface area contributed by atoms with E-state index in [1.54, 1.807) is 7.11 Å². The first-order chi connectivity index (χ1) is 8.20. The summed E-state index contributed by atoms with van der Waals surface area (Å²) in [4.78, 5) is 6.47. The van der Waals surface area contributed by atoms with Crippen LogP contribution in [0, 0.1) is 6.92 Å². The Morgan fingerprint density at radius 1 is 1.35 bits per heavy atom. The van der Waals surface area contributed by atoms with Gasteiger partial charge in [0.25, 0.3) is 0 Å². The molecule has 0 spiro atoms. The molecule has 1 heterocycles. The highest BCUT2D eigenvalue weighted by Crippen LogP contribution is 2.29. The Morgan fingerprint density at radius 2 is 2.06 bits per heavy atom. The molecule has 17 heavy (non-hydrogen) atoms. The number of methoxy groups -OCH3 is 1. The van der Waals surface area contributed by atoms with Crippen LogP contribution in [-0.2, 0) is 0 Å². The summed E-state index contributed by atoms with van der Waals surface area (Å²) in [6, 6.07) is 6.59. The van der Waals surface area contributed by atoms with Gasteiger partial charge in [-0.2, -0.15) is 0 Å². The summed E-state index contributed by atoms with van der Waals surface area (Å²) in [7, 11) is 1.70. The minimum atomic E-state index is 0.371. The molecule has 0 fully saturated rings. The van der Waals surface area contributed by atoms with Crippen LogP contribution in [0.25, 0.3) is 0 Å². The number of nitrogens with zero attached hydrogens (tertiary/aromatic N) is 2. The number of benzene rings is 1. The number of anilines is 1. The predicted octanol–water partition coefficient (Wildman–Crippen LogP) is 3.27. The molecule has 0 N–H and O–H groups in total. The lowest BCUT2D eigenvalue weighted by atomic mass is 10.2. The van der Waals surface area contributed by atoms with E-state index in [4.69, 9.17) is 4.74 Å². The fourth-order valence-electron chi connectivity index (χ4n) is 1.76. The smallest absolute Gasteiger partial charge is 0.142 e. The second-order valence-corrected chi connectivity index (χ2v) is 3.94. The molecule has 3 heteroatoms. The lowest BCUT2D eigenvalue weighted by Crippen LogP contribution is -2.21. The van der Waals surface area contributed by atoms with Gasteiger partial charge in [0.2, 0.25) is 0 Å². The van der Waals surface area contributed by atoms with E-state index >= 15 is 0 Å². The van der Waals surface area contributed by atoms with Crippen molar-refractivity contribution in [1.82, 2.24) is 0 Å². The summed E-state index contributed by atoms with van der Waals surface area (Å²) >= 11 is 0. The molecule has 1 unspecified atom stereocenters. The highest BCUT2D eigenvalue weighted by molar-refractivity contribution is 5.84. The van der Waals surface area contributed by atoms with Gasteiger partial charge < -0.3 is 9.64 Å². The van der Waals surface area contributed by atoms with Gasteiger partial charge in [-0.25, -0.2) is 0 Å². The Kier molecular flexibility index (Phi) is 5.01. The Hall–Kier alpha value is -1.51. The third-order valence-corrected chi connectivity index (χ3v) is 2.57. The quantitative estimate of drug-likeness (QED) is 0.784. The molecule has 0 saturated heterocycles. The Balaban J connectivity index is 0.000000686. The minimum Gasteiger partial charge on any atom is -0.495 e. The van der Waals surface area contributed by atoms with E-state index in [1.165, 1.54) is 5.56 Å². The van der Waals surface area contributed by atoms with Gasteiger partial charge in [0, 0.05) is 6.54 Å². The molecule has 0 aliphatic carbocycles. The SMILES string of the molecule is CC.COc1cc(C)ccc1N1C=NC(C)C1. The molecule has 1 aliphatic heterocycles. The highest BCUT2D eigenvalue weighted by Gasteiger charge is 2.17.